The van der Waals surface area contributed by atoms with Crippen LogP contribution in [0.3, 0.4) is 0 Å². The Bertz CT molecular complexity index is 972. The van der Waals surface area contributed by atoms with Crippen LogP contribution in [0.5, 0.6) is 23.0 Å². The van der Waals surface area contributed by atoms with E-state index >= 15 is 0 Å². The molecule has 1 fully saturated rings. The van der Waals surface area contributed by atoms with Crippen LogP contribution in [0.4, 0.5) is 0 Å². The number of rotatable bonds is 8. The van der Waals surface area contributed by atoms with Crippen molar-refractivity contribution >= 4 is 27.9 Å². The summed E-state index contributed by atoms with van der Waals surface area (Å²) in [5.74, 6) is -0.686. The van der Waals surface area contributed by atoms with E-state index < -0.39 is 11.9 Å². The Balaban J connectivity index is 0.000000641. The first-order valence-corrected chi connectivity index (χ1v) is 11.5. The second-order valence-corrected chi connectivity index (χ2v) is 8.57. The Morgan fingerprint density at radius 1 is 0.771 bits per heavy atom. The van der Waals surface area contributed by atoms with E-state index in [0.29, 0.717) is 17.2 Å². The maximum absolute atomic E-state index is 9.10. The van der Waals surface area contributed by atoms with Crippen molar-refractivity contribution in [1.82, 2.24) is 9.80 Å². The summed E-state index contributed by atoms with van der Waals surface area (Å²) in [5, 5.41) is 14.8. The van der Waals surface area contributed by atoms with Crippen LogP contribution in [0.25, 0.3) is 0 Å². The molecule has 0 radical (unpaired) electrons. The standard InChI is InChI=1S/C22H29BrN2O4.C2H2O4/c1-26-19-6-5-18(23)13-17(19)15-25-9-7-24(8-10-25)14-16-11-20(27-2)22(29-4)21(12-16)28-3;3-1(4)2(5)6/h5-6,11-13H,7-10,14-15H2,1-4H3;(H,3,4)(H,5,6). The number of carboxylic acids is 2. The second-order valence-electron chi connectivity index (χ2n) is 7.65. The predicted octanol–water partition coefficient (Wildman–Crippen LogP) is 2.96. The summed E-state index contributed by atoms with van der Waals surface area (Å²) in [7, 11) is 6.65. The largest absolute Gasteiger partial charge is 0.496 e. The molecule has 1 aliphatic rings. The van der Waals surface area contributed by atoms with E-state index in [0.717, 1.165) is 55.1 Å². The quantitative estimate of drug-likeness (QED) is 0.471. The van der Waals surface area contributed by atoms with E-state index in [1.165, 1.54) is 5.56 Å². The lowest BCUT2D eigenvalue weighted by Crippen LogP contribution is -2.45. The van der Waals surface area contributed by atoms with Gasteiger partial charge < -0.3 is 29.2 Å². The monoisotopic (exact) mass is 554 g/mol. The number of hydrogen-bond acceptors (Lipinski definition) is 8. The molecule has 1 aliphatic heterocycles. The number of aliphatic carboxylic acids is 2. The summed E-state index contributed by atoms with van der Waals surface area (Å²) in [5.41, 5.74) is 2.36. The number of hydrogen-bond donors (Lipinski definition) is 2. The minimum atomic E-state index is -1.82. The molecule has 0 amide bonds. The maximum atomic E-state index is 9.10. The Hall–Kier alpha value is -3.02. The first kappa shape index (κ1) is 28.2. The zero-order valence-electron chi connectivity index (χ0n) is 20.2. The number of benzene rings is 2. The van der Waals surface area contributed by atoms with Gasteiger partial charge in [-0.3, -0.25) is 9.80 Å². The number of carboxylic acid groups (broad SMARTS) is 2. The van der Waals surface area contributed by atoms with Crippen molar-refractivity contribution in [1.29, 1.82) is 0 Å². The number of methoxy groups -OCH3 is 4. The number of halogens is 1. The lowest BCUT2D eigenvalue weighted by molar-refractivity contribution is -0.159. The third-order valence-corrected chi connectivity index (χ3v) is 5.91. The van der Waals surface area contributed by atoms with Gasteiger partial charge in [0.1, 0.15) is 5.75 Å². The first-order chi connectivity index (χ1) is 16.7. The minimum absolute atomic E-state index is 0.631. The van der Waals surface area contributed by atoms with E-state index in [9.17, 15) is 0 Å². The molecular formula is C24H31BrN2O8. The molecule has 3 rings (SSSR count). The van der Waals surface area contributed by atoms with Crippen molar-refractivity contribution in [2.24, 2.45) is 0 Å². The summed E-state index contributed by atoms with van der Waals surface area (Å²) in [6.45, 7) is 5.78. The Kier molecular flexibility index (Phi) is 11.1. The van der Waals surface area contributed by atoms with Gasteiger partial charge in [0.15, 0.2) is 11.5 Å². The van der Waals surface area contributed by atoms with Crippen LogP contribution in [0.1, 0.15) is 11.1 Å². The lowest BCUT2D eigenvalue weighted by atomic mass is 10.1. The summed E-state index contributed by atoms with van der Waals surface area (Å²) in [4.78, 5) is 23.1. The molecule has 0 saturated carbocycles. The molecule has 11 heteroatoms. The summed E-state index contributed by atoms with van der Waals surface area (Å²) in [6.07, 6.45) is 0. The lowest BCUT2D eigenvalue weighted by Gasteiger charge is -2.35. The van der Waals surface area contributed by atoms with Crippen LogP contribution in [0.15, 0.2) is 34.8 Å². The van der Waals surface area contributed by atoms with Crippen LogP contribution in [0, 0.1) is 0 Å². The van der Waals surface area contributed by atoms with Gasteiger partial charge in [0.25, 0.3) is 0 Å². The highest BCUT2D eigenvalue weighted by molar-refractivity contribution is 9.10. The topological polar surface area (TPSA) is 118 Å². The van der Waals surface area contributed by atoms with Crippen molar-refractivity contribution in [3.63, 3.8) is 0 Å². The van der Waals surface area contributed by atoms with Gasteiger partial charge in [-0.2, -0.15) is 0 Å². The molecule has 2 aromatic carbocycles. The van der Waals surface area contributed by atoms with E-state index in [1.807, 2.05) is 24.3 Å². The molecule has 0 unspecified atom stereocenters. The fraction of sp³-hybridized carbons (Fsp3) is 0.417. The molecule has 2 aromatic rings. The van der Waals surface area contributed by atoms with Crippen molar-refractivity contribution in [2.75, 3.05) is 54.6 Å². The van der Waals surface area contributed by atoms with Crippen LogP contribution < -0.4 is 18.9 Å². The smallest absolute Gasteiger partial charge is 0.414 e. The zero-order valence-corrected chi connectivity index (χ0v) is 21.8. The molecule has 192 valence electrons. The highest BCUT2D eigenvalue weighted by Crippen LogP contribution is 2.38. The molecule has 0 bridgehead atoms. The number of piperazine rings is 1. The summed E-state index contributed by atoms with van der Waals surface area (Å²) >= 11 is 3.56. The third kappa shape index (κ3) is 8.30. The van der Waals surface area contributed by atoms with Crippen molar-refractivity contribution < 1.29 is 38.7 Å². The number of carbonyl (C=O) groups is 2. The minimum Gasteiger partial charge on any atom is -0.496 e. The number of ether oxygens (including phenoxy) is 4. The van der Waals surface area contributed by atoms with Gasteiger partial charge >= 0.3 is 11.9 Å². The number of nitrogens with zero attached hydrogens (tertiary/aromatic N) is 2. The molecule has 35 heavy (non-hydrogen) atoms. The molecule has 0 spiro atoms. The van der Waals surface area contributed by atoms with Crippen molar-refractivity contribution in [3.8, 4) is 23.0 Å². The van der Waals surface area contributed by atoms with E-state index in [4.69, 9.17) is 38.7 Å². The third-order valence-electron chi connectivity index (χ3n) is 5.41. The molecule has 0 aromatic heterocycles. The normalized spacial score (nSPS) is 13.9. The van der Waals surface area contributed by atoms with Gasteiger partial charge in [-0.15, -0.1) is 0 Å². The molecule has 2 N–H and O–H groups in total. The van der Waals surface area contributed by atoms with Gasteiger partial charge in [0.2, 0.25) is 5.75 Å². The van der Waals surface area contributed by atoms with Crippen molar-refractivity contribution in [2.45, 2.75) is 13.1 Å². The fourth-order valence-electron chi connectivity index (χ4n) is 3.70. The molecule has 1 saturated heterocycles. The molecule has 0 aliphatic carbocycles. The molecular weight excluding hydrogens is 524 g/mol. The summed E-state index contributed by atoms with van der Waals surface area (Å²) in [6, 6.07) is 10.2. The first-order valence-electron chi connectivity index (χ1n) is 10.7. The van der Waals surface area contributed by atoms with E-state index in [-0.39, 0.29) is 0 Å². The fourth-order valence-corrected chi connectivity index (χ4v) is 4.11. The Morgan fingerprint density at radius 2 is 1.26 bits per heavy atom. The zero-order chi connectivity index (χ0) is 26.0. The Morgan fingerprint density at radius 3 is 1.69 bits per heavy atom. The van der Waals surface area contributed by atoms with Gasteiger partial charge in [-0.1, -0.05) is 15.9 Å². The SMILES string of the molecule is COc1ccc(Br)cc1CN1CCN(Cc2cc(OC)c(OC)c(OC)c2)CC1.O=C(O)C(=O)O. The van der Waals surface area contributed by atoms with Gasteiger partial charge in [0, 0.05) is 49.3 Å². The average Bonchev–Trinajstić information content (AvgIpc) is 2.85. The van der Waals surface area contributed by atoms with Gasteiger partial charge in [-0.25, -0.2) is 9.59 Å². The maximum Gasteiger partial charge on any atom is 0.414 e. The van der Waals surface area contributed by atoms with Crippen LogP contribution in [-0.2, 0) is 22.7 Å². The predicted molar refractivity (Wildman–Crippen MR) is 133 cm³/mol. The van der Waals surface area contributed by atoms with E-state index in [1.54, 1.807) is 28.4 Å². The molecule has 1 heterocycles. The van der Waals surface area contributed by atoms with Gasteiger partial charge in [-0.05, 0) is 35.9 Å². The Labute approximate surface area is 213 Å². The highest BCUT2D eigenvalue weighted by atomic mass is 79.9. The molecule has 0 atom stereocenters. The second kappa shape index (κ2) is 13.8. The van der Waals surface area contributed by atoms with Crippen molar-refractivity contribution in [3.05, 3.63) is 45.9 Å². The van der Waals surface area contributed by atoms with Crippen LogP contribution in [-0.4, -0.2) is 86.6 Å². The summed E-state index contributed by atoms with van der Waals surface area (Å²) < 4.78 is 23.0. The van der Waals surface area contributed by atoms with E-state index in [2.05, 4.69) is 31.8 Å². The average molecular weight is 555 g/mol. The van der Waals surface area contributed by atoms with Gasteiger partial charge in [0.05, 0.1) is 28.4 Å². The van der Waals surface area contributed by atoms with Crippen LogP contribution in [0.2, 0.25) is 0 Å². The molecule has 10 nitrogen and oxygen atoms in total. The highest BCUT2D eigenvalue weighted by Gasteiger charge is 2.20. The van der Waals surface area contributed by atoms with Crippen LogP contribution >= 0.6 is 15.9 Å².